The molecule has 6 nitrogen and oxygen atoms in total. The Labute approximate surface area is 161 Å². The first kappa shape index (κ1) is 19.7. The van der Waals surface area contributed by atoms with Crippen LogP contribution in [0.3, 0.4) is 0 Å². The Kier molecular flexibility index (Phi) is 7.10. The van der Waals surface area contributed by atoms with Gasteiger partial charge in [-0.2, -0.15) is 0 Å². The van der Waals surface area contributed by atoms with E-state index in [4.69, 9.17) is 9.47 Å². The van der Waals surface area contributed by atoms with Crippen LogP contribution < -0.4 is 10.1 Å². The lowest BCUT2D eigenvalue weighted by molar-refractivity contribution is -0.131. The van der Waals surface area contributed by atoms with Crippen LogP contribution in [-0.4, -0.2) is 55.7 Å². The van der Waals surface area contributed by atoms with E-state index in [0.29, 0.717) is 25.9 Å². The van der Waals surface area contributed by atoms with Crippen molar-refractivity contribution in [3.05, 3.63) is 29.8 Å². The van der Waals surface area contributed by atoms with Crippen molar-refractivity contribution in [1.29, 1.82) is 0 Å². The minimum Gasteiger partial charge on any atom is -0.496 e. The highest BCUT2D eigenvalue weighted by atomic mass is 16.5. The number of ether oxygens (including phenoxy) is 2. The number of benzene rings is 1. The molecule has 2 aliphatic heterocycles. The molecule has 2 heterocycles. The standard InChI is InChI=1S/C21H30N2O4/c1-26-19-7-3-2-5-16(19)15-21(25)23-12-10-17(11-13-23)22-20(24)9-8-18-6-4-14-27-18/h2-3,5,7,17-18H,4,6,8-15H2,1H3,(H,22,24)/t18-/m0/s1. The van der Waals surface area contributed by atoms with Gasteiger partial charge < -0.3 is 19.7 Å². The number of hydrogen-bond acceptors (Lipinski definition) is 4. The molecule has 1 aromatic rings. The van der Waals surface area contributed by atoms with Crippen molar-refractivity contribution in [3.8, 4) is 5.75 Å². The van der Waals surface area contributed by atoms with Gasteiger partial charge in [-0.15, -0.1) is 0 Å². The van der Waals surface area contributed by atoms with Gasteiger partial charge in [-0.25, -0.2) is 0 Å². The molecule has 0 radical (unpaired) electrons. The fraction of sp³-hybridized carbons (Fsp3) is 0.619. The Balaban J connectivity index is 1.39. The van der Waals surface area contributed by atoms with Crippen molar-refractivity contribution in [2.45, 2.75) is 57.1 Å². The first-order valence-corrected chi connectivity index (χ1v) is 9.96. The number of likely N-dealkylation sites (tertiary alicyclic amines) is 1. The smallest absolute Gasteiger partial charge is 0.227 e. The van der Waals surface area contributed by atoms with Gasteiger partial charge in [0.05, 0.1) is 19.6 Å². The van der Waals surface area contributed by atoms with Crippen molar-refractivity contribution >= 4 is 11.8 Å². The molecule has 0 spiro atoms. The molecule has 2 fully saturated rings. The number of rotatable bonds is 7. The van der Waals surface area contributed by atoms with Gasteiger partial charge in [0.25, 0.3) is 0 Å². The van der Waals surface area contributed by atoms with Crippen molar-refractivity contribution in [3.63, 3.8) is 0 Å². The maximum atomic E-state index is 12.6. The van der Waals surface area contributed by atoms with Gasteiger partial charge in [0.1, 0.15) is 5.75 Å². The monoisotopic (exact) mass is 374 g/mol. The summed E-state index contributed by atoms with van der Waals surface area (Å²) in [4.78, 5) is 26.6. The van der Waals surface area contributed by atoms with Crippen molar-refractivity contribution in [2.75, 3.05) is 26.8 Å². The van der Waals surface area contributed by atoms with Gasteiger partial charge in [-0.3, -0.25) is 9.59 Å². The quantitative estimate of drug-likeness (QED) is 0.795. The van der Waals surface area contributed by atoms with E-state index in [-0.39, 0.29) is 24.0 Å². The van der Waals surface area contributed by atoms with Crippen LogP contribution >= 0.6 is 0 Å². The normalized spacial score (nSPS) is 20.5. The third kappa shape index (κ3) is 5.70. The van der Waals surface area contributed by atoms with Gasteiger partial charge in [0, 0.05) is 37.7 Å². The summed E-state index contributed by atoms with van der Waals surface area (Å²) in [5.74, 6) is 0.964. The zero-order valence-corrected chi connectivity index (χ0v) is 16.1. The number of carbonyl (C=O) groups is 2. The molecule has 1 N–H and O–H groups in total. The van der Waals surface area contributed by atoms with E-state index >= 15 is 0 Å². The molecule has 0 saturated carbocycles. The van der Waals surface area contributed by atoms with E-state index in [1.54, 1.807) is 7.11 Å². The molecular formula is C21H30N2O4. The Bertz CT molecular complexity index is 635. The van der Waals surface area contributed by atoms with Crippen LogP contribution in [0.5, 0.6) is 5.75 Å². The van der Waals surface area contributed by atoms with Crippen LogP contribution in [0.1, 0.15) is 44.1 Å². The Morgan fingerprint density at radius 1 is 1.22 bits per heavy atom. The van der Waals surface area contributed by atoms with Crippen LogP contribution in [0, 0.1) is 0 Å². The largest absolute Gasteiger partial charge is 0.496 e. The zero-order chi connectivity index (χ0) is 19.1. The van der Waals surface area contributed by atoms with E-state index in [2.05, 4.69) is 5.32 Å². The second-order valence-electron chi connectivity index (χ2n) is 7.38. The molecule has 1 atom stereocenters. The average molecular weight is 374 g/mol. The lowest BCUT2D eigenvalue weighted by Gasteiger charge is -2.32. The summed E-state index contributed by atoms with van der Waals surface area (Å²) in [5.41, 5.74) is 0.912. The van der Waals surface area contributed by atoms with E-state index in [1.807, 2.05) is 29.2 Å². The number of methoxy groups -OCH3 is 1. The Morgan fingerprint density at radius 3 is 2.70 bits per heavy atom. The summed E-state index contributed by atoms with van der Waals surface area (Å²) in [5, 5.41) is 3.12. The SMILES string of the molecule is COc1ccccc1CC(=O)N1CCC(NC(=O)CC[C@@H]2CCCO2)CC1. The van der Waals surface area contributed by atoms with Gasteiger partial charge >= 0.3 is 0 Å². The van der Waals surface area contributed by atoms with E-state index in [1.165, 1.54) is 0 Å². The van der Waals surface area contributed by atoms with Crippen molar-refractivity contribution in [2.24, 2.45) is 0 Å². The highest BCUT2D eigenvalue weighted by Crippen LogP contribution is 2.20. The average Bonchev–Trinajstić information content (AvgIpc) is 3.21. The Morgan fingerprint density at radius 2 is 2.00 bits per heavy atom. The molecule has 2 saturated heterocycles. The van der Waals surface area contributed by atoms with Crippen molar-refractivity contribution < 1.29 is 19.1 Å². The molecule has 0 aliphatic carbocycles. The molecule has 0 bridgehead atoms. The summed E-state index contributed by atoms with van der Waals surface area (Å²) in [6, 6.07) is 7.79. The lowest BCUT2D eigenvalue weighted by Crippen LogP contribution is -2.47. The fourth-order valence-corrected chi connectivity index (χ4v) is 3.86. The number of amides is 2. The summed E-state index contributed by atoms with van der Waals surface area (Å²) >= 11 is 0. The number of carbonyl (C=O) groups excluding carboxylic acids is 2. The zero-order valence-electron chi connectivity index (χ0n) is 16.1. The number of para-hydroxylation sites is 1. The minimum atomic E-state index is 0.101. The molecule has 2 aliphatic rings. The molecule has 0 unspecified atom stereocenters. The maximum absolute atomic E-state index is 12.6. The molecule has 148 valence electrons. The highest BCUT2D eigenvalue weighted by molar-refractivity contribution is 5.80. The maximum Gasteiger partial charge on any atom is 0.227 e. The first-order chi connectivity index (χ1) is 13.2. The summed E-state index contributed by atoms with van der Waals surface area (Å²) in [7, 11) is 1.62. The third-order valence-corrected chi connectivity index (χ3v) is 5.46. The molecular weight excluding hydrogens is 344 g/mol. The van der Waals surface area contributed by atoms with Gasteiger partial charge in [0.2, 0.25) is 11.8 Å². The van der Waals surface area contributed by atoms with Crippen LogP contribution in [0.2, 0.25) is 0 Å². The van der Waals surface area contributed by atoms with E-state index < -0.39 is 0 Å². The minimum absolute atomic E-state index is 0.101. The number of piperidine rings is 1. The summed E-state index contributed by atoms with van der Waals surface area (Å²) in [6.45, 7) is 2.20. The second kappa shape index (κ2) is 9.74. The number of nitrogens with one attached hydrogen (secondary N) is 1. The molecule has 27 heavy (non-hydrogen) atoms. The second-order valence-corrected chi connectivity index (χ2v) is 7.38. The first-order valence-electron chi connectivity index (χ1n) is 9.96. The molecule has 2 amide bonds. The fourth-order valence-electron chi connectivity index (χ4n) is 3.86. The third-order valence-electron chi connectivity index (χ3n) is 5.46. The van der Waals surface area contributed by atoms with Gasteiger partial charge in [0.15, 0.2) is 0 Å². The van der Waals surface area contributed by atoms with E-state index in [0.717, 1.165) is 50.0 Å². The topological polar surface area (TPSA) is 67.9 Å². The molecule has 3 rings (SSSR count). The van der Waals surface area contributed by atoms with Crippen molar-refractivity contribution in [1.82, 2.24) is 10.2 Å². The van der Waals surface area contributed by atoms with Crippen LogP contribution in [0.15, 0.2) is 24.3 Å². The number of nitrogens with zero attached hydrogens (tertiary/aromatic N) is 1. The van der Waals surface area contributed by atoms with Crippen LogP contribution in [0.4, 0.5) is 0 Å². The van der Waals surface area contributed by atoms with Crippen LogP contribution in [-0.2, 0) is 20.7 Å². The summed E-state index contributed by atoms with van der Waals surface area (Å²) in [6.07, 6.45) is 5.73. The lowest BCUT2D eigenvalue weighted by atomic mass is 10.0. The molecule has 0 aromatic heterocycles. The highest BCUT2D eigenvalue weighted by Gasteiger charge is 2.25. The predicted molar refractivity (Wildman–Crippen MR) is 103 cm³/mol. The molecule has 1 aromatic carbocycles. The Hall–Kier alpha value is -2.08. The van der Waals surface area contributed by atoms with Gasteiger partial charge in [-0.1, -0.05) is 18.2 Å². The van der Waals surface area contributed by atoms with Crippen LogP contribution in [0.25, 0.3) is 0 Å². The van der Waals surface area contributed by atoms with E-state index in [9.17, 15) is 9.59 Å². The summed E-state index contributed by atoms with van der Waals surface area (Å²) < 4.78 is 10.9. The molecule has 6 heteroatoms. The van der Waals surface area contributed by atoms with Gasteiger partial charge in [-0.05, 0) is 38.2 Å². The number of hydrogen-bond donors (Lipinski definition) is 1. The predicted octanol–water partition coefficient (Wildman–Crippen LogP) is 2.30.